The standard InChI is InChI=1S/C17H16ClN5/c1-11-3-4-14(13(18)9-11)21-16-10-15(22-17(19-2)23-16)12-5-7-20-8-6-12/h3-10H,1-2H3,(H2,19,21,22,23). The summed E-state index contributed by atoms with van der Waals surface area (Å²) in [7, 11) is 1.79. The minimum Gasteiger partial charge on any atom is -0.357 e. The molecule has 2 N–H and O–H groups in total. The fourth-order valence-corrected chi connectivity index (χ4v) is 2.44. The highest BCUT2D eigenvalue weighted by Crippen LogP contribution is 2.28. The van der Waals surface area contributed by atoms with Crippen molar-refractivity contribution < 1.29 is 0 Å². The molecular formula is C17H16ClN5. The molecule has 0 aliphatic carbocycles. The number of nitrogens with zero attached hydrogens (tertiary/aromatic N) is 3. The molecule has 2 aromatic heterocycles. The van der Waals surface area contributed by atoms with E-state index in [1.807, 2.05) is 43.3 Å². The van der Waals surface area contributed by atoms with Crippen LogP contribution in [0.1, 0.15) is 5.56 Å². The van der Waals surface area contributed by atoms with E-state index in [4.69, 9.17) is 11.6 Å². The molecule has 1 aromatic carbocycles. The normalized spacial score (nSPS) is 10.4. The molecular weight excluding hydrogens is 310 g/mol. The third kappa shape index (κ3) is 3.57. The fourth-order valence-electron chi connectivity index (χ4n) is 2.15. The van der Waals surface area contributed by atoms with Gasteiger partial charge in [0, 0.05) is 31.1 Å². The number of anilines is 3. The van der Waals surface area contributed by atoms with Gasteiger partial charge in [-0.1, -0.05) is 17.7 Å². The Morgan fingerprint density at radius 1 is 1.00 bits per heavy atom. The molecule has 3 rings (SSSR count). The van der Waals surface area contributed by atoms with Crippen molar-refractivity contribution in [1.29, 1.82) is 0 Å². The number of benzene rings is 1. The van der Waals surface area contributed by atoms with Crippen LogP contribution in [0.5, 0.6) is 0 Å². The van der Waals surface area contributed by atoms with Crippen LogP contribution in [0.2, 0.25) is 5.02 Å². The molecule has 0 radical (unpaired) electrons. The molecule has 0 aliphatic heterocycles. The van der Waals surface area contributed by atoms with Crippen molar-refractivity contribution in [3.63, 3.8) is 0 Å². The number of hydrogen-bond acceptors (Lipinski definition) is 5. The molecule has 6 heteroatoms. The smallest absolute Gasteiger partial charge is 0.224 e. The molecule has 0 aliphatic rings. The second kappa shape index (κ2) is 6.62. The molecule has 0 unspecified atom stereocenters. The zero-order valence-electron chi connectivity index (χ0n) is 12.8. The average molecular weight is 326 g/mol. The van der Waals surface area contributed by atoms with Gasteiger partial charge in [-0.2, -0.15) is 4.98 Å². The summed E-state index contributed by atoms with van der Waals surface area (Å²) in [5.74, 6) is 1.20. The van der Waals surface area contributed by atoms with Gasteiger partial charge in [-0.25, -0.2) is 4.98 Å². The number of halogens is 1. The molecule has 0 bridgehead atoms. The maximum Gasteiger partial charge on any atom is 0.224 e. The Morgan fingerprint density at radius 2 is 1.78 bits per heavy atom. The highest BCUT2D eigenvalue weighted by molar-refractivity contribution is 6.33. The van der Waals surface area contributed by atoms with Crippen LogP contribution in [0.25, 0.3) is 11.3 Å². The number of aromatic nitrogens is 3. The first kappa shape index (κ1) is 15.2. The lowest BCUT2D eigenvalue weighted by atomic mass is 10.2. The fraction of sp³-hybridized carbons (Fsp3) is 0.118. The van der Waals surface area contributed by atoms with E-state index in [2.05, 4.69) is 25.6 Å². The zero-order chi connectivity index (χ0) is 16.2. The van der Waals surface area contributed by atoms with Crippen molar-refractivity contribution in [3.05, 3.63) is 59.4 Å². The number of nitrogens with one attached hydrogen (secondary N) is 2. The summed E-state index contributed by atoms with van der Waals surface area (Å²) in [5.41, 5.74) is 3.68. The molecule has 0 fully saturated rings. The van der Waals surface area contributed by atoms with Gasteiger partial charge in [-0.15, -0.1) is 0 Å². The summed E-state index contributed by atoms with van der Waals surface area (Å²) in [6.07, 6.45) is 3.47. The van der Waals surface area contributed by atoms with E-state index in [0.717, 1.165) is 22.5 Å². The largest absolute Gasteiger partial charge is 0.357 e. The van der Waals surface area contributed by atoms with Crippen molar-refractivity contribution in [2.24, 2.45) is 0 Å². The van der Waals surface area contributed by atoms with Crippen molar-refractivity contribution in [2.45, 2.75) is 6.92 Å². The van der Waals surface area contributed by atoms with E-state index in [1.54, 1.807) is 19.4 Å². The predicted octanol–water partition coefficient (Wildman–Crippen LogP) is 4.29. The lowest BCUT2D eigenvalue weighted by Gasteiger charge is -2.11. The molecule has 3 aromatic rings. The van der Waals surface area contributed by atoms with E-state index in [1.165, 1.54) is 0 Å². The van der Waals surface area contributed by atoms with Crippen molar-refractivity contribution in [3.8, 4) is 11.3 Å². The number of rotatable bonds is 4. The van der Waals surface area contributed by atoms with Crippen molar-refractivity contribution >= 4 is 29.1 Å². The molecule has 5 nitrogen and oxygen atoms in total. The van der Waals surface area contributed by atoms with Crippen LogP contribution in [-0.4, -0.2) is 22.0 Å². The molecule has 0 atom stereocenters. The molecule has 0 spiro atoms. The second-order valence-corrected chi connectivity index (χ2v) is 5.46. The van der Waals surface area contributed by atoms with Crippen molar-refractivity contribution in [1.82, 2.24) is 15.0 Å². The van der Waals surface area contributed by atoms with Gasteiger partial charge in [0.2, 0.25) is 5.95 Å². The molecule has 2 heterocycles. The first-order valence-corrected chi connectivity index (χ1v) is 7.54. The third-order valence-electron chi connectivity index (χ3n) is 3.31. The predicted molar refractivity (Wildman–Crippen MR) is 94.3 cm³/mol. The van der Waals surface area contributed by atoms with Crippen LogP contribution >= 0.6 is 11.6 Å². The van der Waals surface area contributed by atoms with Gasteiger partial charge in [-0.05, 0) is 36.8 Å². The summed E-state index contributed by atoms with van der Waals surface area (Å²) in [6, 6.07) is 11.5. The molecule has 116 valence electrons. The minimum absolute atomic E-state index is 0.532. The first-order valence-electron chi connectivity index (χ1n) is 7.16. The first-order chi connectivity index (χ1) is 11.2. The van der Waals surface area contributed by atoms with Gasteiger partial charge in [0.05, 0.1) is 16.4 Å². The van der Waals surface area contributed by atoms with Gasteiger partial charge in [-0.3, -0.25) is 4.98 Å². The van der Waals surface area contributed by atoms with Gasteiger partial charge >= 0.3 is 0 Å². The lowest BCUT2D eigenvalue weighted by molar-refractivity contribution is 1.15. The summed E-state index contributed by atoms with van der Waals surface area (Å²) in [6.45, 7) is 2.00. The molecule has 0 amide bonds. The average Bonchev–Trinajstić information content (AvgIpc) is 2.58. The highest BCUT2D eigenvalue weighted by atomic mass is 35.5. The second-order valence-electron chi connectivity index (χ2n) is 5.06. The van der Waals surface area contributed by atoms with E-state index < -0.39 is 0 Å². The topological polar surface area (TPSA) is 62.7 Å². The van der Waals surface area contributed by atoms with Gasteiger partial charge in [0.1, 0.15) is 5.82 Å². The Morgan fingerprint density at radius 3 is 2.48 bits per heavy atom. The Bertz CT molecular complexity index is 820. The van der Waals surface area contributed by atoms with Crippen LogP contribution in [0.4, 0.5) is 17.5 Å². The van der Waals surface area contributed by atoms with Crippen LogP contribution in [-0.2, 0) is 0 Å². The molecule has 0 saturated heterocycles. The number of hydrogen-bond donors (Lipinski definition) is 2. The van der Waals surface area contributed by atoms with Crippen LogP contribution in [0.3, 0.4) is 0 Å². The quantitative estimate of drug-likeness (QED) is 0.749. The van der Waals surface area contributed by atoms with E-state index in [9.17, 15) is 0 Å². The third-order valence-corrected chi connectivity index (χ3v) is 3.63. The summed E-state index contributed by atoms with van der Waals surface area (Å²) < 4.78 is 0. The number of aryl methyl sites for hydroxylation is 1. The van der Waals surface area contributed by atoms with Crippen LogP contribution in [0, 0.1) is 6.92 Å². The maximum atomic E-state index is 6.28. The van der Waals surface area contributed by atoms with Crippen LogP contribution < -0.4 is 10.6 Å². The Kier molecular flexibility index (Phi) is 4.39. The molecule has 0 saturated carbocycles. The van der Waals surface area contributed by atoms with Gasteiger partial charge in [0.25, 0.3) is 0 Å². The summed E-state index contributed by atoms with van der Waals surface area (Å²) in [5, 5.41) is 6.87. The Labute approximate surface area is 139 Å². The Balaban J connectivity index is 1.99. The molecule has 23 heavy (non-hydrogen) atoms. The van der Waals surface area contributed by atoms with Crippen LogP contribution in [0.15, 0.2) is 48.8 Å². The Hall–Kier alpha value is -2.66. The van der Waals surface area contributed by atoms with E-state index in [0.29, 0.717) is 16.8 Å². The van der Waals surface area contributed by atoms with Gasteiger partial charge in [0.15, 0.2) is 0 Å². The monoisotopic (exact) mass is 325 g/mol. The zero-order valence-corrected chi connectivity index (χ0v) is 13.6. The van der Waals surface area contributed by atoms with Crippen molar-refractivity contribution in [2.75, 3.05) is 17.7 Å². The highest BCUT2D eigenvalue weighted by Gasteiger charge is 2.08. The lowest BCUT2D eigenvalue weighted by Crippen LogP contribution is -2.02. The van der Waals surface area contributed by atoms with E-state index in [-0.39, 0.29) is 0 Å². The van der Waals surface area contributed by atoms with E-state index >= 15 is 0 Å². The maximum absolute atomic E-state index is 6.28. The number of pyridine rings is 1. The summed E-state index contributed by atoms with van der Waals surface area (Å²) in [4.78, 5) is 12.9. The SMILES string of the molecule is CNc1nc(Nc2ccc(C)cc2Cl)cc(-c2ccncc2)n1. The summed E-state index contributed by atoms with van der Waals surface area (Å²) >= 11 is 6.28. The van der Waals surface area contributed by atoms with Gasteiger partial charge < -0.3 is 10.6 Å². The minimum atomic E-state index is 0.532.